The molecule has 1 aliphatic heterocycles. The number of fused-ring (bicyclic) bond motifs is 2. The van der Waals surface area contributed by atoms with Gasteiger partial charge in [-0.15, -0.1) is 0 Å². The van der Waals surface area contributed by atoms with Gasteiger partial charge in [0.25, 0.3) is 0 Å². The van der Waals surface area contributed by atoms with Gasteiger partial charge in [0.15, 0.2) is 0 Å². The quantitative estimate of drug-likeness (QED) is 0.0621. The first-order valence-electron chi connectivity index (χ1n) is 13.4. The number of benzene rings is 3. The maximum atomic E-state index is 12.9. The fraction of sp³-hybridized carbons (Fsp3) is 0.273. The Morgan fingerprint density at radius 1 is 1.02 bits per heavy atom. The van der Waals surface area contributed by atoms with E-state index >= 15 is 0 Å². The highest BCUT2D eigenvalue weighted by Crippen LogP contribution is 2.31. The minimum Gasteiger partial charge on any atom is -0.478 e. The Balaban J connectivity index is 0.000000507. The molecule has 41 heavy (non-hydrogen) atoms. The zero-order valence-corrected chi connectivity index (χ0v) is 23.2. The van der Waals surface area contributed by atoms with Gasteiger partial charge < -0.3 is 25.1 Å². The highest BCUT2D eigenvalue weighted by molar-refractivity contribution is 6.15. The second kappa shape index (κ2) is 14.8. The molecule has 3 aromatic carbocycles. The lowest BCUT2D eigenvalue weighted by molar-refractivity contribution is -0.154. The van der Waals surface area contributed by atoms with Crippen molar-refractivity contribution in [1.82, 2.24) is 0 Å². The Kier molecular flexibility index (Phi) is 11.3. The van der Waals surface area contributed by atoms with Crippen LogP contribution in [0.3, 0.4) is 0 Å². The van der Waals surface area contributed by atoms with Gasteiger partial charge in [-0.05, 0) is 58.5 Å². The molecule has 4 rings (SSSR count). The molecular weight excluding hydrogens is 522 g/mol. The van der Waals surface area contributed by atoms with Crippen LogP contribution in [0.4, 0.5) is 0 Å². The maximum absolute atomic E-state index is 12.9. The number of carboxylic acid groups (broad SMARTS) is 1. The highest BCUT2D eigenvalue weighted by atomic mass is 16.6. The molecule has 1 unspecified atom stereocenters. The molecule has 1 fully saturated rings. The van der Waals surface area contributed by atoms with E-state index in [0.717, 1.165) is 39.1 Å². The van der Waals surface area contributed by atoms with E-state index in [1.165, 1.54) is 6.21 Å². The number of esters is 2. The second-order valence-corrected chi connectivity index (χ2v) is 9.68. The van der Waals surface area contributed by atoms with Crippen LogP contribution in [0.25, 0.3) is 27.6 Å². The summed E-state index contributed by atoms with van der Waals surface area (Å²) in [7, 11) is 0. The fourth-order valence-corrected chi connectivity index (χ4v) is 4.29. The molecule has 8 nitrogen and oxygen atoms in total. The molecule has 0 amide bonds. The number of epoxide rings is 1. The van der Waals surface area contributed by atoms with E-state index in [4.69, 9.17) is 25.1 Å². The monoisotopic (exact) mass is 557 g/mol. The third kappa shape index (κ3) is 8.54. The van der Waals surface area contributed by atoms with Crippen molar-refractivity contribution in [2.24, 2.45) is 0 Å². The Bertz CT molecular complexity index is 1510. The summed E-state index contributed by atoms with van der Waals surface area (Å²) < 4.78 is 10.3. The van der Waals surface area contributed by atoms with E-state index in [-0.39, 0.29) is 30.3 Å². The Morgan fingerprint density at radius 3 is 2.34 bits per heavy atom. The number of aliphatic hydroxyl groups excluding tert-OH is 1. The number of ether oxygens (including phenoxy) is 2. The minimum atomic E-state index is -1.04. The van der Waals surface area contributed by atoms with E-state index < -0.39 is 17.9 Å². The molecule has 3 aromatic rings. The molecule has 214 valence electrons. The lowest BCUT2D eigenvalue weighted by Gasteiger charge is -2.12. The zero-order valence-electron chi connectivity index (χ0n) is 23.2. The first-order chi connectivity index (χ1) is 19.7. The van der Waals surface area contributed by atoms with Crippen molar-refractivity contribution in [2.45, 2.75) is 45.1 Å². The molecule has 3 N–H and O–H groups in total. The molecule has 0 radical (unpaired) electrons. The number of carbonyl (C=O) groups is 3. The zero-order chi connectivity index (χ0) is 29.9. The molecule has 0 saturated carbocycles. The first kappa shape index (κ1) is 31.1. The number of nitrogens with one attached hydrogen (secondary N) is 1. The summed E-state index contributed by atoms with van der Waals surface area (Å²) in [4.78, 5) is 35.1. The third-order valence-corrected chi connectivity index (χ3v) is 6.58. The van der Waals surface area contributed by atoms with Gasteiger partial charge in [-0.2, -0.15) is 0 Å². The average molecular weight is 558 g/mol. The predicted octanol–water partition coefficient (Wildman–Crippen LogP) is 5.99. The van der Waals surface area contributed by atoms with Crippen LogP contribution in [0.1, 0.15) is 50.2 Å². The van der Waals surface area contributed by atoms with Crippen LogP contribution in [-0.2, 0) is 23.9 Å². The van der Waals surface area contributed by atoms with E-state index in [9.17, 15) is 14.4 Å². The number of hydrogen-bond donors (Lipinski definition) is 3. The van der Waals surface area contributed by atoms with Gasteiger partial charge in [0.2, 0.25) is 0 Å². The summed E-state index contributed by atoms with van der Waals surface area (Å²) in [6.45, 7) is 9.48. The van der Waals surface area contributed by atoms with Gasteiger partial charge >= 0.3 is 17.9 Å². The number of hydrogen-bond acceptors (Lipinski definition) is 7. The normalized spacial score (nSPS) is 14.1. The van der Waals surface area contributed by atoms with Crippen molar-refractivity contribution >= 4 is 51.7 Å². The van der Waals surface area contributed by atoms with E-state index in [0.29, 0.717) is 31.4 Å². The molecule has 1 aliphatic rings. The smallest absolute Gasteiger partial charge is 0.341 e. The molecule has 1 heterocycles. The standard InChI is InChI=1S/C28H27NO4.C5H8O3/c1-3-7-22(28(31)33-27(30)18(2)12-13-23-17-32-23)15-21-10-6-9-20-14-19-8-4-5-11-24(19)25(16-29)26(20)21;1-4(2-3-6)5(7)8/h4-6,8-11,14-16,23,29H,2-3,7,12-13,17H2,1H3;6H,1-3H2,(H,7,8). The summed E-state index contributed by atoms with van der Waals surface area (Å²) >= 11 is 0. The fourth-order valence-electron chi connectivity index (χ4n) is 4.29. The lowest BCUT2D eigenvalue weighted by Crippen LogP contribution is -2.16. The van der Waals surface area contributed by atoms with Gasteiger partial charge in [-0.1, -0.05) is 69.0 Å². The van der Waals surface area contributed by atoms with Crippen molar-refractivity contribution in [3.05, 3.63) is 89.5 Å². The molecule has 0 aromatic heterocycles. The van der Waals surface area contributed by atoms with Crippen LogP contribution in [0.2, 0.25) is 0 Å². The van der Waals surface area contributed by atoms with Crippen molar-refractivity contribution < 1.29 is 34.1 Å². The van der Waals surface area contributed by atoms with Gasteiger partial charge in [-0.3, -0.25) is 0 Å². The van der Waals surface area contributed by atoms with Crippen LogP contribution in [-0.4, -0.2) is 53.7 Å². The molecular formula is C33H35NO7. The van der Waals surface area contributed by atoms with Gasteiger partial charge in [0.05, 0.1) is 12.7 Å². The number of carbonyl (C=O) groups excluding carboxylic acids is 2. The molecule has 0 aliphatic carbocycles. The van der Waals surface area contributed by atoms with Crippen molar-refractivity contribution in [2.75, 3.05) is 13.2 Å². The maximum Gasteiger partial charge on any atom is 0.341 e. The number of carboxylic acids is 1. The summed E-state index contributed by atoms with van der Waals surface area (Å²) in [5, 5.41) is 28.2. The van der Waals surface area contributed by atoms with Crippen LogP contribution in [0, 0.1) is 5.41 Å². The van der Waals surface area contributed by atoms with Gasteiger partial charge in [0.1, 0.15) is 0 Å². The van der Waals surface area contributed by atoms with Gasteiger partial charge in [0, 0.05) is 41.5 Å². The first-order valence-corrected chi connectivity index (χ1v) is 13.4. The Labute approximate surface area is 239 Å². The average Bonchev–Trinajstić information content (AvgIpc) is 3.79. The molecule has 1 atom stereocenters. The van der Waals surface area contributed by atoms with Crippen molar-refractivity contribution in [1.29, 1.82) is 5.41 Å². The van der Waals surface area contributed by atoms with Crippen LogP contribution < -0.4 is 0 Å². The SMILES string of the molecule is C=C(CCC1CO1)C(=O)OC(=O)C(=Cc1cccc2cc3ccccc3c(C=N)c12)CCC.C=C(CCO)C(=O)O. The van der Waals surface area contributed by atoms with E-state index in [1.807, 2.05) is 49.4 Å². The summed E-state index contributed by atoms with van der Waals surface area (Å²) in [5.74, 6) is -2.38. The largest absolute Gasteiger partial charge is 0.478 e. The Morgan fingerprint density at radius 2 is 1.73 bits per heavy atom. The second-order valence-electron chi connectivity index (χ2n) is 9.68. The highest BCUT2D eigenvalue weighted by Gasteiger charge is 2.24. The third-order valence-electron chi connectivity index (χ3n) is 6.58. The molecule has 8 heteroatoms. The predicted molar refractivity (Wildman–Crippen MR) is 160 cm³/mol. The molecule has 0 bridgehead atoms. The van der Waals surface area contributed by atoms with Crippen LogP contribution in [0.15, 0.2) is 78.4 Å². The number of aliphatic carboxylic acids is 1. The van der Waals surface area contributed by atoms with E-state index in [2.05, 4.69) is 19.2 Å². The Hall–Kier alpha value is -4.40. The number of aliphatic hydroxyl groups is 1. The minimum absolute atomic E-state index is 0.0486. The number of rotatable bonds is 12. The van der Waals surface area contributed by atoms with Crippen molar-refractivity contribution in [3.63, 3.8) is 0 Å². The summed E-state index contributed by atoms with van der Waals surface area (Å²) in [6.07, 6.45) is 5.82. The van der Waals surface area contributed by atoms with Crippen LogP contribution in [0.5, 0.6) is 0 Å². The van der Waals surface area contributed by atoms with Gasteiger partial charge in [-0.25, -0.2) is 14.4 Å². The summed E-state index contributed by atoms with van der Waals surface area (Å²) in [5.41, 5.74) is 2.35. The topological polar surface area (TPSA) is 137 Å². The van der Waals surface area contributed by atoms with Crippen molar-refractivity contribution in [3.8, 4) is 0 Å². The van der Waals surface area contributed by atoms with E-state index in [1.54, 1.807) is 6.08 Å². The summed E-state index contributed by atoms with van der Waals surface area (Å²) in [6, 6.07) is 15.9. The molecule has 1 saturated heterocycles. The molecule has 0 spiro atoms. The lowest BCUT2D eigenvalue weighted by atomic mass is 9.93. The van der Waals surface area contributed by atoms with Crippen LogP contribution >= 0.6 is 0 Å².